The van der Waals surface area contributed by atoms with Gasteiger partial charge in [0.2, 0.25) is 0 Å². The Labute approximate surface area is 139 Å². The zero-order valence-corrected chi connectivity index (χ0v) is 14.8. The van der Waals surface area contributed by atoms with Gasteiger partial charge in [0, 0.05) is 31.2 Å². The molecule has 128 valence electrons. The minimum absolute atomic E-state index is 0.226. The van der Waals surface area contributed by atoms with E-state index in [1.807, 2.05) is 39.0 Å². The number of amides is 1. The minimum Gasteiger partial charge on any atom is -0.444 e. The lowest BCUT2D eigenvalue weighted by Gasteiger charge is -2.38. The molecule has 0 aromatic heterocycles. The Bertz CT molecular complexity index is 547. The number of benzene rings is 1. The van der Waals surface area contributed by atoms with Crippen LogP contribution in [0.1, 0.15) is 33.3 Å². The lowest BCUT2D eigenvalue weighted by atomic mass is 9.88. The summed E-state index contributed by atoms with van der Waals surface area (Å²) >= 11 is 0. The number of anilines is 1. The molecular formula is C18H28N2O3. The smallest absolute Gasteiger partial charge is 0.410 e. The fourth-order valence-electron chi connectivity index (χ4n) is 2.33. The van der Waals surface area contributed by atoms with Crippen LogP contribution in [0.4, 0.5) is 10.5 Å². The number of nitrogens with one attached hydrogen (secondary N) is 1. The molecule has 0 unspecified atom stereocenters. The van der Waals surface area contributed by atoms with E-state index in [1.165, 1.54) is 0 Å². The number of nitrogens with zero attached hydrogens (tertiary/aromatic N) is 1. The Morgan fingerprint density at radius 1 is 1.39 bits per heavy atom. The van der Waals surface area contributed by atoms with Crippen LogP contribution in [0.3, 0.4) is 0 Å². The van der Waals surface area contributed by atoms with Crippen LogP contribution in [0.15, 0.2) is 24.3 Å². The Balaban J connectivity index is 1.90. The molecule has 1 aliphatic rings. The number of carbonyl (C=O) groups is 1. The lowest BCUT2D eigenvalue weighted by molar-refractivity contribution is -0.0924. The highest BCUT2D eigenvalue weighted by atomic mass is 16.6. The summed E-state index contributed by atoms with van der Waals surface area (Å²) in [5.74, 6) is 0. The van der Waals surface area contributed by atoms with E-state index in [4.69, 9.17) is 9.47 Å². The molecule has 0 bridgehead atoms. The second-order valence-corrected chi connectivity index (χ2v) is 7.69. The number of rotatable bonds is 5. The molecule has 1 amide bonds. The summed E-state index contributed by atoms with van der Waals surface area (Å²) in [5, 5.41) is 3.45. The van der Waals surface area contributed by atoms with Crippen LogP contribution in [-0.2, 0) is 16.0 Å². The van der Waals surface area contributed by atoms with E-state index >= 15 is 0 Å². The minimum atomic E-state index is -0.477. The van der Waals surface area contributed by atoms with Gasteiger partial charge in [-0.3, -0.25) is 0 Å². The first-order valence-electron chi connectivity index (χ1n) is 8.02. The van der Waals surface area contributed by atoms with E-state index in [2.05, 4.69) is 18.3 Å². The topological polar surface area (TPSA) is 50.8 Å². The van der Waals surface area contributed by atoms with Gasteiger partial charge in [-0.2, -0.15) is 0 Å². The van der Waals surface area contributed by atoms with Crippen molar-refractivity contribution >= 4 is 11.8 Å². The SMILES string of the molecule is CN(Cc1cccc(NCC2(C)COC2)c1)C(=O)OC(C)(C)C. The summed E-state index contributed by atoms with van der Waals surface area (Å²) in [7, 11) is 1.75. The van der Waals surface area contributed by atoms with Crippen molar-refractivity contribution in [2.45, 2.75) is 39.8 Å². The van der Waals surface area contributed by atoms with Crippen molar-refractivity contribution in [1.29, 1.82) is 0 Å². The normalized spacial score (nSPS) is 16.4. The van der Waals surface area contributed by atoms with Crippen LogP contribution >= 0.6 is 0 Å². The van der Waals surface area contributed by atoms with Gasteiger partial charge in [0.1, 0.15) is 5.60 Å². The molecule has 1 fully saturated rings. The first-order valence-corrected chi connectivity index (χ1v) is 8.02. The quantitative estimate of drug-likeness (QED) is 0.902. The Morgan fingerprint density at radius 2 is 2.09 bits per heavy atom. The van der Waals surface area contributed by atoms with E-state index in [0.717, 1.165) is 31.0 Å². The van der Waals surface area contributed by atoms with Crippen molar-refractivity contribution in [2.24, 2.45) is 5.41 Å². The number of ether oxygens (including phenoxy) is 2. The third kappa shape index (κ3) is 5.43. The molecule has 1 aromatic rings. The molecule has 2 rings (SSSR count). The molecule has 1 N–H and O–H groups in total. The van der Waals surface area contributed by atoms with E-state index < -0.39 is 5.60 Å². The van der Waals surface area contributed by atoms with E-state index in [-0.39, 0.29) is 11.5 Å². The average Bonchev–Trinajstić information content (AvgIpc) is 2.41. The predicted molar refractivity (Wildman–Crippen MR) is 91.6 cm³/mol. The molecule has 0 saturated carbocycles. The molecule has 1 aliphatic heterocycles. The number of carbonyl (C=O) groups excluding carboxylic acids is 1. The fourth-order valence-corrected chi connectivity index (χ4v) is 2.33. The third-order valence-corrected chi connectivity index (χ3v) is 3.67. The molecule has 5 heteroatoms. The standard InChI is InChI=1S/C18H28N2O3/c1-17(2,3)23-16(21)20(5)10-14-7-6-8-15(9-14)19-11-18(4)12-22-13-18/h6-9,19H,10-13H2,1-5H3. The molecule has 5 nitrogen and oxygen atoms in total. The predicted octanol–water partition coefficient (Wildman–Crippen LogP) is 3.50. The van der Waals surface area contributed by atoms with Crippen LogP contribution in [0.5, 0.6) is 0 Å². The average molecular weight is 320 g/mol. The summed E-state index contributed by atoms with van der Waals surface area (Å²) in [6.45, 7) is 10.8. The molecular weight excluding hydrogens is 292 g/mol. The molecule has 1 heterocycles. The van der Waals surface area contributed by atoms with Crippen molar-refractivity contribution in [3.05, 3.63) is 29.8 Å². The monoisotopic (exact) mass is 320 g/mol. The van der Waals surface area contributed by atoms with Gasteiger partial charge in [-0.05, 0) is 38.5 Å². The van der Waals surface area contributed by atoms with Crippen molar-refractivity contribution in [3.63, 3.8) is 0 Å². The largest absolute Gasteiger partial charge is 0.444 e. The zero-order chi connectivity index (χ0) is 17.1. The summed E-state index contributed by atoms with van der Waals surface area (Å²) in [4.78, 5) is 13.6. The first kappa shape index (κ1) is 17.6. The molecule has 1 aromatic carbocycles. The van der Waals surface area contributed by atoms with Gasteiger partial charge in [-0.1, -0.05) is 19.1 Å². The van der Waals surface area contributed by atoms with Gasteiger partial charge >= 0.3 is 6.09 Å². The van der Waals surface area contributed by atoms with Crippen molar-refractivity contribution < 1.29 is 14.3 Å². The van der Waals surface area contributed by atoms with Gasteiger partial charge in [0.25, 0.3) is 0 Å². The van der Waals surface area contributed by atoms with Gasteiger partial charge in [-0.15, -0.1) is 0 Å². The van der Waals surface area contributed by atoms with Crippen molar-refractivity contribution in [2.75, 3.05) is 32.1 Å². The highest BCUT2D eigenvalue weighted by molar-refractivity contribution is 5.67. The van der Waals surface area contributed by atoms with Crippen LogP contribution in [0.25, 0.3) is 0 Å². The lowest BCUT2D eigenvalue weighted by Crippen LogP contribution is -2.45. The molecule has 0 atom stereocenters. The summed E-state index contributed by atoms with van der Waals surface area (Å²) in [6.07, 6.45) is -0.310. The van der Waals surface area contributed by atoms with Crippen LogP contribution in [0.2, 0.25) is 0 Å². The van der Waals surface area contributed by atoms with Crippen molar-refractivity contribution in [3.8, 4) is 0 Å². The van der Waals surface area contributed by atoms with Crippen LogP contribution in [-0.4, -0.2) is 43.4 Å². The summed E-state index contributed by atoms with van der Waals surface area (Å²) in [6, 6.07) is 8.13. The highest BCUT2D eigenvalue weighted by Gasteiger charge is 2.32. The maximum atomic E-state index is 12.0. The maximum absolute atomic E-state index is 12.0. The second-order valence-electron chi connectivity index (χ2n) is 7.69. The van der Waals surface area contributed by atoms with Crippen molar-refractivity contribution in [1.82, 2.24) is 4.90 Å². The van der Waals surface area contributed by atoms with E-state index in [9.17, 15) is 4.79 Å². The van der Waals surface area contributed by atoms with E-state index in [0.29, 0.717) is 6.54 Å². The van der Waals surface area contributed by atoms with Crippen LogP contribution in [0, 0.1) is 5.41 Å². The maximum Gasteiger partial charge on any atom is 0.410 e. The zero-order valence-electron chi connectivity index (χ0n) is 14.8. The van der Waals surface area contributed by atoms with Crippen LogP contribution < -0.4 is 5.32 Å². The summed E-state index contributed by atoms with van der Waals surface area (Å²) < 4.78 is 10.6. The Kier molecular flexibility index (Phi) is 5.19. The number of hydrogen-bond donors (Lipinski definition) is 1. The third-order valence-electron chi connectivity index (χ3n) is 3.67. The first-order chi connectivity index (χ1) is 10.7. The second kappa shape index (κ2) is 6.79. The molecule has 0 aliphatic carbocycles. The number of hydrogen-bond acceptors (Lipinski definition) is 4. The Morgan fingerprint density at radius 3 is 2.65 bits per heavy atom. The van der Waals surface area contributed by atoms with Gasteiger partial charge < -0.3 is 19.7 Å². The van der Waals surface area contributed by atoms with Gasteiger partial charge in [0.15, 0.2) is 0 Å². The molecule has 0 radical (unpaired) electrons. The molecule has 1 saturated heterocycles. The molecule has 23 heavy (non-hydrogen) atoms. The van der Waals surface area contributed by atoms with Gasteiger partial charge in [-0.25, -0.2) is 4.79 Å². The van der Waals surface area contributed by atoms with E-state index in [1.54, 1.807) is 11.9 Å². The highest BCUT2D eigenvalue weighted by Crippen LogP contribution is 2.27. The fraction of sp³-hybridized carbons (Fsp3) is 0.611. The molecule has 0 spiro atoms. The Hall–Kier alpha value is -1.75. The summed E-state index contributed by atoms with van der Waals surface area (Å²) in [5.41, 5.74) is 1.88. The van der Waals surface area contributed by atoms with Gasteiger partial charge in [0.05, 0.1) is 13.2 Å².